The number of fused-ring (bicyclic) bond motifs is 1. The standard InChI is InChI=1S/C10H10NO2/c1-12-10-7-11(13-2)9-6-4-3-5-8(9)10/h3-6H,1-2H3. The van der Waals surface area contributed by atoms with Crippen molar-refractivity contribution in [1.82, 2.24) is 4.73 Å². The summed E-state index contributed by atoms with van der Waals surface area (Å²) in [6.07, 6.45) is 2.96. The number of rotatable bonds is 2. The number of benzene rings is 1. The summed E-state index contributed by atoms with van der Waals surface area (Å²) in [4.78, 5) is 5.09. The van der Waals surface area contributed by atoms with Gasteiger partial charge in [0.15, 0.2) is 11.9 Å². The molecule has 13 heavy (non-hydrogen) atoms. The Hall–Kier alpha value is -1.64. The van der Waals surface area contributed by atoms with Crippen molar-refractivity contribution >= 4 is 10.9 Å². The van der Waals surface area contributed by atoms with E-state index in [-0.39, 0.29) is 0 Å². The Labute approximate surface area is 76.4 Å². The molecular weight excluding hydrogens is 166 g/mol. The van der Waals surface area contributed by atoms with E-state index in [4.69, 9.17) is 9.57 Å². The van der Waals surface area contributed by atoms with Gasteiger partial charge in [-0.2, -0.15) is 4.73 Å². The van der Waals surface area contributed by atoms with Gasteiger partial charge in [0.2, 0.25) is 0 Å². The Kier molecular flexibility index (Phi) is 1.85. The van der Waals surface area contributed by atoms with Crippen LogP contribution in [0.15, 0.2) is 24.3 Å². The van der Waals surface area contributed by atoms with E-state index in [1.807, 2.05) is 24.3 Å². The number of hydrogen-bond donors (Lipinski definition) is 0. The van der Waals surface area contributed by atoms with Crippen molar-refractivity contribution in [3.8, 4) is 5.75 Å². The Bertz CT molecular complexity index is 382. The van der Waals surface area contributed by atoms with Gasteiger partial charge in [0, 0.05) is 5.39 Å². The molecule has 0 aliphatic carbocycles. The van der Waals surface area contributed by atoms with Crippen molar-refractivity contribution in [2.45, 2.75) is 0 Å². The van der Waals surface area contributed by atoms with Gasteiger partial charge in [0.1, 0.15) is 7.11 Å². The summed E-state index contributed by atoms with van der Waals surface area (Å²) in [7, 11) is 3.22. The minimum Gasteiger partial charge on any atom is -0.494 e. The summed E-state index contributed by atoms with van der Waals surface area (Å²) < 4.78 is 6.72. The van der Waals surface area contributed by atoms with Crippen LogP contribution in [-0.2, 0) is 0 Å². The Morgan fingerprint density at radius 3 is 2.69 bits per heavy atom. The molecule has 0 fully saturated rings. The molecule has 1 heterocycles. The van der Waals surface area contributed by atoms with E-state index in [2.05, 4.69) is 6.20 Å². The van der Waals surface area contributed by atoms with Crippen molar-refractivity contribution in [2.75, 3.05) is 14.2 Å². The first-order valence-corrected chi connectivity index (χ1v) is 3.98. The zero-order valence-corrected chi connectivity index (χ0v) is 7.57. The molecule has 67 valence electrons. The maximum Gasteiger partial charge on any atom is 0.157 e. The van der Waals surface area contributed by atoms with Gasteiger partial charge < -0.3 is 9.57 Å². The van der Waals surface area contributed by atoms with Crippen LogP contribution in [0, 0.1) is 6.20 Å². The van der Waals surface area contributed by atoms with Crippen LogP contribution in [0.3, 0.4) is 0 Å². The molecule has 0 amide bonds. The summed E-state index contributed by atoms with van der Waals surface area (Å²) in [6.45, 7) is 0. The van der Waals surface area contributed by atoms with Gasteiger partial charge in [-0.1, -0.05) is 12.1 Å². The molecule has 0 unspecified atom stereocenters. The van der Waals surface area contributed by atoms with Gasteiger partial charge in [0.05, 0.1) is 12.6 Å². The molecule has 0 N–H and O–H groups in total. The first kappa shape index (κ1) is 7.98. The summed E-state index contributed by atoms with van der Waals surface area (Å²) in [5.41, 5.74) is 0.960. The molecule has 0 aliphatic rings. The molecule has 2 rings (SSSR count). The Morgan fingerprint density at radius 2 is 2.00 bits per heavy atom. The number of nitrogens with zero attached hydrogens (tertiary/aromatic N) is 1. The monoisotopic (exact) mass is 176 g/mol. The molecule has 0 bridgehead atoms. The molecule has 1 aromatic heterocycles. The third-order valence-electron chi connectivity index (χ3n) is 1.96. The maximum absolute atomic E-state index is 5.15. The van der Waals surface area contributed by atoms with Gasteiger partial charge in [0.25, 0.3) is 0 Å². The lowest BCUT2D eigenvalue weighted by molar-refractivity contribution is 0.175. The normalized spacial score (nSPS) is 10.3. The number of para-hydroxylation sites is 1. The first-order chi connectivity index (χ1) is 6.36. The lowest BCUT2D eigenvalue weighted by Gasteiger charge is -1.98. The molecule has 0 atom stereocenters. The second-order valence-electron chi connectivity index (χ2n) is 2.64. The van der Waals surface area contributed by atoms with Gasteiger partial charge in [-0.3, -0.25) is 0 Å². The quantitative estimate of drug-likeness (QED) is 0.692. The van der Waals surface area contributed by atoms with Crippen molar-refractivity contribution in [2.24, 2.45) is 0 Å². The van der Waals surface area contributed by atoms with Crippen LogP contribution in [0.2, 0.25) is 0 Å². The van der Waals surface area contributed by atoms with E-state index >= 15 is 0 Å². The van der Waals surface area contributed by atoms with Crippen molar-refractivity contribution < 1.29 is 9.57 Å². The highest BCUT2D eigenvalue weighted by Gasteiger charge is 2.08. The molecule has 3 nitrogen and oxygen atoms in total. The summed E-state index contributed by atoms with van der Waals surface area (Å²) in [6, 6.07) is 7.84. The fourth-order valence-electron chi connectivity index (χ4n) is 1.36. The average molecular weight is 176 g/mol. The number of aromatic nitrogens is 1. The lowest BCUT2D eigenvalue weighted by Crippen LogP contribution is -2.02. The van der Waals surface area contributed by atoms with Crippen LogP contribution in [-0.4, -0.2) is 19.0 Å². The predicted molar refractivity (Wildman–Crippen MR) is 49.8 cm³/mol. The average Bonchev–Trinajstić information content (AvgIpc) is 2.56. The summed E-state index contributed by atoms with van der Waals surface area (Å²) in [5.74, 6) is 0.706. The Balaban J connectivity index is 2.74. The van der Waals surface area contributed by atoms with Crippen LogP contribution in [0.5, 0.6) is 5.75 Å². The predicted octanol–water partition coefficient (Wildman–Crippen LogP) is 1.51. The molecule has 1 aromatic carbocycles. The smallest absolute Gasteiger partial charge is 0.157 e. The van der Waals surface area contributed by atoms with Gasteiger partial charge in [-0.05, 0) is 12.1 Å². The Morgan fingerprint density at radius 1 is 1.23 bits per heavy atom. The third-order valence-corrected chi connectivity index (χ3v) is 1.96. The van der Waals surface area contributed by atoms with Gasteiger partial charge in [-0.25, -0.2) is 0 Å². The van der Waals surface area contributed by atoms with E-state index in [0.717, 1.165) is 10.9 Å². The van der Waals surface area contributed by atoms with E-state index in [1.54, 1.807) is 19.0 Å². The van der Waals surface area contributed by atoms with Crippen LogP contribution in [0.1, 0.15) is 0 Å². The van der Waals surface area contributed by atoms with E-state index in [1.165, 1.54) is 0 Å². The molecule has 2 aromatic rings. The van der Waals surface area contributed by atoms with E-state index < -0.39 is 0 Å². The molecular formula is C10H10NO2. The molecule has 0 saturated carbocycles. The first-order valence-electron chi connectivity index (χ1n) is 3.98. The minimum absolute atomic E-state index is 0.706. The highest BCUT2D eigenvalue weighted by atomic mass is 16.6. The zero-order chi connectivity index (χ0) is 9.26. The molecule has 1 radical (unpaired) electrons. The van der Waals surface area contributed by atoms with Crippen molar-refractivity contribution in [3.63, 3.8) is 0 Å². The second kappa shape index (κ2) is 3.01. The van der Waals surface area contributed by atoms with Gasteiger partial charge >= 0.3 is 0 Å². The van der Waals surface area contributed by atoms with Gasteiger partial charge in [-0.15, -0.1) is 0 Å². The third kappa shape index (κ3) is 1.13. The highest BCUT2D eigenvalue weighted by Crippen LogP contribution is 2.25. The summed E-state index contributed by atoms with van der Waals surface area (Å²) >= 11 is 0. The number of hydrogen-bond acceptors (Lipinski definition) is 2. The largest absolute Gasteiger partial charge is 0.494 e. The van der Waals surface area contributed by atoms with Crippen LogP contribution >= 0.6 is 0 Å². The zero-order valence-electron chi connectivity index (χ0n) is 7.57. The number of methoxy groups -OCH3 is 1. The minimum atomic E-state index is 0.706. The molecule has 0 spiro atoms. The van der Waals surface area contributed by atoms with Crippen LogP contribution in [0.25, 0.3) is 10.9 Å². The maximum atomic E-state index is 5.15. The number of ether oxygens (including phenoxy) is 1. The van der Waals surface area contributed by atoms with E-state index in [0.29, 0.717) is 5.75 Å². The van der Waals surface area contributed by atoms with Crippen molar-refractivity contribution in [3.05, 3.63) is 30.5 Å². The summed E-state index contributed by atoms with van der Waals surface area (Å²) in [5, 5.41) is 1.01. The van der Waals surface area contributed by atoms with E-state index in [9.17, 15) is 0 Å². The molecule has 0 aliphatic heterocycles. The molecule has 3 heteroatoms. The molecule has 0 saturated heterocycles. The topological polar surface area (TPSA) is 23.4 Å². The SMILES string of the molecule is COc1[c]n(OC)c2ccccc12. The van der Waals surface area contributed by atoms with Crippen LogP contribution < -0.4 is 9.57 Å². The van der Waals surface area contributed by atoms with Crippen LogP contribution in [0.4, 0.5) is 0 Å². The lowest BCUT2D eigenvalue weighted by atomic mass is 10.2. The fraction of sp³-hybridized carbons (Fsp3) is 0.200. The fourth-order valence-corrected chi connectivity index (χ4v) is 1.36. The van der Waals surface area contributed by atoms with Crippen molar-refractivity contribution in [1.29, 1.82) is 0 Å². The second-order valence-corrected chi connectivity index (χ2v) is 2.64. The highest BCUT2D eigenvalue weighted by molar-refractivity contribution is 5.86.